The minimum Gasteiger partial charge on any atom is -0.277 e. The van der Waals surface area contributed by atoms with Gasteiger partial charge in [-0.15, -0.1) is 0 Å². The molecule has 0 unspecified atom stereocenters. The highest BCUT2D eigenvalue weighted by Crippen LogP contribution is 2.33. The van der Waals surface area contributed by atoms with E-state index in [-0.39, 0.29) is 5.82 Å². The van der Waals surface area contributed by atoms with Gasteiger partial charge in [-0.3, -0.25) is 10.1 Å². The first-order valence-corrected chi connectivity index (χ1v) is 9.66. The first-order valence-electron chi connectivity index (χ1n) is 8.87. The van der Waals surface area contributed by atoms with Crippen molar-refractivity contribution in [2.45, 2.75) is 19.4 Å². The quantitative estimate of drug-likeness (QED) is 0.421. The highest BCUT2D eigenvalue weighted by Gasteiger charge is 2.23. The normalized spacial score (nSPS) is 15.0. The number of hydrogen-bond donors (Lipinski definition) is 1. The number of hydrogen-bond acceptors (Lipinski definition) is 3. The third-order valence-corrected chi connectivity index (χ3v) is 5.62. The molecule has 4 aromatic rings. The van der Waals surface area contributed by atoms with Crippen LogP contribution in [-0.4, -0.2) is 25.7 Å². The van der Waals surface area contributed by atoms with Gasteiger partial charge in [0.1, 0.15) is 11.5 Å². The van der Waals surface area contributed by atoms with E-state index in [9.17, 15) is 13.2 Å². The Balaban J connectivity index is 1.56. The van der Waals surface area contributed by atoms with Gasteiger partial charge in [-0.1, -0.05) is 6.07 Å². The van der Waals surface area contributed by atoms with Gasteiger partial charge in [0, 0.05) is 28.4 Å². The largest absolute Gasteiger partial charge is 0.333 e. The van der Waals surface area contributed by atoms with Gasteiger partial charge in [-0.25, -0.2) is 9.07 Å². The second kappa shape index (κ2) is 6.84. The number of fused-ring (bicyclic) bond motifs is 2. The Morgan fingerprint density at radius 2 is 2.03 bits per heavy atom. The van der Waals surface area contributed by atoms with E-state index in [1.165, 1.54) is 12.4 Å². The van der Waals surface area contributed by atoms with Crippen LogP contribution >= 0.6 is 15.9 Å². The summed E-state index contributed by atoms with van der Waals surface area (Å²) in [5, 5.41) is 11.6. The molecule has 0 aliphatic heterocycles. The maximum atomic E-state index is 14.3. The molecule has 0 radical (unpaired) electrons. The fraction of sp³-hybridized carbons (Fsp3) is 0.150. The maximum absolute atomic E-state index is 14.3. The molecule has 2 heterocycles. The molecule has 0 spiro atoms. The first-order chi connectivity index (χ1) is 14.0. The summed E-state index contributed by atoms with van der Waals surface area (Å²) in [6, 6.07) is 9.07. The van der Waals surface area contributed by atoms with Gasteiger partial charge in [0.15, 0.2) is 0 Å². The molecule has 146 valence electrons. The van der Waals surface area contributed by atoms with Crippen molar-refractivity contribution in [3.8, 4) is 11.3 Å². The maximum Gasteiger partial charge on any atom is 0.333 e. The zero-order valence-corrected chi connectivity index (χ0v) is 16.4. The minimum absolute atomic E-state index is 0.240. The van der Waals surface area contributed by atoms with Crippen molar-refractivity contribution in [3.05, 3.63) is 64.1 Å². The van der Waals surface area contributed by atoms with E-state index in [0.717, 1.165) is 22.2 Å². The number of aromatic amines is 1. The standard InChI is InChI=1S/C20H13BrF3N5/c21-15-4-2-12-13(18(15)22)3-6-16(12)26-11-1-5-17-14(7-11)19(28-27-17)10-8-25-29(9-10)20(23)24/h1-2,4-5,7-9,20H,3,6H2,(H,27,28)/b26-16-. The van der Waals surface area contributed by atoms with Crippen molar-refractivity contribution < 1.29 is 13.2 Å². The predicted octanol–water partition coefficient (Wildman–Crippen LogP) is 5.79. The van der Waals surface area contributed by atoms with Crippen LogP contribution in [0.2, 0.25) is 0 Å². The van der Waals surface area contributed by atoms with Gasteiger partial charge in [0.25, 0.3) is 0 Å². The van der Waals surface area contributed by atoms with E-state index < -0.39 is 6.55 Å². The number of halogens is 4. The number of rotatable bonds is 3. The molecule has 0 saturated heterocycles. The van der Waals surface area contributed by atoms with Crippen LogP contribution < -0.4 is 0 Å². The molecule has 0 bridgehead atoms. The van der Waals surface area contributed by atoms with Gasteiger partial charge in [-0.2, -0.15) is 19.0 Å². The Bertz CT molecular complexity index is 1270. The number of aromatic nitrogens is 4. The lowest BCUT2D eigenvalue weighted by atomic mass is 10.1. The molecule has 0 saturated carbocycles. The van der Waals surface area contributed by atoms with E-state index >= 15 is 0 Å². The monoisotopic (exact) mass is 459 g/mol. The van der Waals surface area contributed by atoms with E-state index in [1.54, 1.807) is 6.07 Å². The summed E-state index contributed by atoms with van der Waals surface area (Å²) >= 11 is 3.22. The highest BCUT2D eigenvalue weighted by molar-refractivity contribution is 9.10. The number of nitrogens with one attached hydrogen (secondary N) is 1. The van der Waals surface area contributed by atoms with Crippen molar-refractivity contribution in [1.29, 1.82) is 0 Å². The molecule has 0 atom stereocenters. The molecular formula is C20H13BrF3N5. The number of alkyl halides is 2. The lowest BCUT2D eigenvalue weighted by molar-refractivity contribution is 0.0566. The van der Waals surface area contributed by atoms with Crippen LogP contribution in [-0.2, 0) is 6.42 Å². The van der Waals surface area contributed by atoms with E-state index in [2.05, 4.69) is 31.2 Å². The SMILES string of the molecule is Fc1c(Br)ccc2c1CC/C2=N/c1ccc2[nH]nc(-c3cnn(C(F)F)c3)c2c1. The van der Waals surface area contributed by atoms with Crippen molar-refractivity contribution in [2.24, 2.45) is 4.99 Å². The molecule has 5 rings (SSSR count). The summed E-state index contributed by atoms with van der Waals surface area (Å²) < 4.78 is 41.0. The number of nitrogens with zero attached hydrogens (tertiary/aromatic N) is 4. The van der Waals surface area contributed by atoms with E-state index in [1.807, 2.05) is 24.3 Å². The van der Waals surface area contributed by atoms with Crippen molar-refractivity contribution >= 4 is 38.2 Å². The molecule has 9 heteroatoms. The third kappa shape index (κ3) is 3.05. The molecule has 2 aromatic heterocycles. The molecule has 1 aliphatic carbocycles. The molecular weight excluding hydrogens is 447 g/mol. The van der Waals surface area contributed by atoms with Crippen molar-refractivity contribution in [1.82, 2.24) is 20.0 Å². The zero-order chi connectivity index (χ0) is 20.1. The molecule has 5 nitrogen and oxygen atoms in total. The Labute approximate surface area is 171 Å². The van der Waals surface area contributed by atoms with Gasteiger partial charge >= 0.3 is 6.55 Å². The first kappa shape index (κ1) is 18.1. The van der Waals surface area contributed by atoms with Gasteiger partial charge in [0.2, 0.25) is 0 Å². The zero-order valence-electron chi connectivity index (χ0n) is 14.8. The molecule has 0 fully saturated rings. The van der Waals surface area contributed by atoms with Gasteiger partial charge in [0.05, 0.1) is 21.9 Å². The summed E-state index contributed by atoms with van der Waals surface area (Å²) in [6.07, 6.45) is 3.87. The Kier molecular flexibility index (Phi) is 4.27. The van der Waals surface area contributed by atoms with Crippen molar-refractivity contribution in [2.75, 3.05) is 0 Å². The Morgan fingerprint density at radius 3 is 2.83 bits per heavy atom. The summed E-state index contributed by atoms with van der Waals surface area (Å²) in [7, 11) is 0. The fourth-order valence-electron chi connectivity index (χ4n) is 3.62. The highest BCUT2D eigenvalue weighted by atomic mass is 79.9. The van der Waals surface area contributed by atoms with Crippen LogP contribution in [0.3, 0.4) is 0 Å². The summed E-state index contributed by atoms with van der Waals surface area (Å²) in [5.74, 6) is -0.240. The lowest BCUT2D eigenvalue weighted by Crippen LogP contribution is -1.96. The summed E-state index contributed by atoms with van der Waals surface area (Å²) in [4.78, 5) is 4.72. The molecule has 2 aromatic carbocycles. The number of benzene rings is 2. The second-order valence-electron chi connectivity index (χ2n) is 6.73. The van der Waals surface area contributed by atoms with Gasteiger partial charge in [-0.05, 0) is 58.6 Å². The van der Waals surface area contributed by atoms with E-state index in [4.69, 9.17) is 4.99 Å². The second-order valence-corrected chi connectivity index (χ2v) is 7.59. The summed E-state index contributed by atoms with van der Waals surface area (Å²) in [5.41, 5.74) is 4.76. The third-order valence-electron chi connectivity index (χ3n) is 5.00. The van der Waals surface area contributed by atoms with Gasteiger partial charge < -0.3 is 0 Å². The van der Waals surface area contributed by atoms with Crippen LogP contribution in [0.5, 0.6) is 0 Å². The average Bonchev–Trinajstić information content (AvgIpc) is 3.43. The minimum atomic E-state index is -2.71. The van der Waals surface area contributed by atoms with Crippen LogP contribution in [0.15, 0.2) is 52.2 Å². The predicted molar refractivity (Wildman–Crippen MR) is 107 cm³/mol. The Hall–Kier alpha value is -2.94. The van der Waals surface area contributed by atoms with Crippen LogP contribution in [0.4, 0.5) is 18.9 Å². The lowest BCUT2D eigenvalue weighted by Gasteiger charge is -2.04. The topological polar surface area (TPSA) is 58.9 Å². The van der Waals surface area contributed by atoms with Crippen LogP contribution in [0.25, 0.3) is 22.2 Å². The molecule has 29 heavy (non-hydrogen) atoms. The molecule has 0 amide bonds. The fourth-order valence-corrected chi connectivity index (χ4v) is 3.99. The number of H-pyrrole nitrogens is 1. The smallest absolute Gasteiger partial charge is 0.277 e. The van der Waals surface area contributed by atoms with E-state index in [0.29, 0.717) is 44.5 Å². The van der Waals surface area contributed by atoms with Crippen LogP contribution in [0.1, 0.15) is 24.1 Å². The molecule has 1 aliphatic rings. The Morgan fingerprint density at radius 1 is 1.17 bits per heavy atom. The average molecular weight is 460 g/mol. The summed E-state index contributed by atoms with van der Waals surface area (Å²) in [6.45, 7) is -2.71. The van der Waals surface area contributed by atoms with Crippen LogP contribution in [0, 0.1) is 5.82 Å². The van der Waals surface area contributed by atoms with Crippen molar-refractivity contribution in [3.63, 3.8) is 0 Å². The number of aliphatic imine (C=N–C) groups is 1. The molecule has 1 N–H and O–H groups in total.